The van der Waals surface area contributed by atoms with Crippen LogP contribution in [0.5, 0.6) is 0 Å². The number of aromatic carboxylic acids is 1. The molecular formula is C10H10INO5S. The quantitative estimate of drug-likeness (QED) is 0.735. The van der Waals surface area contributed by atoms with E-state index in [1.54, 1.807) is 0 Å². The van der Waals surface area contributed by atoms with Gasteiger partial charge in [-0.2, -0.15) is 4.31 Å². The van der Waals surface area contributed by atoms with Crippen molar-refractivity contribution in [3.05, 3.63) is 27.3 Å². The van der Waals surface area contributed by atoms with Crippen molar-refractivity contribution in [1.82, 2.24) is 4.31 Å². The standard InChI is InChI=1S/C10H10INO5S/c11-9-2-1-7(3-8(9)10(14)15)18(16,17)12-4-6(13)5-12/h1-3,6,13H,4-5H2,(H,14,15). The van der Waals surface area contributed by atoms with E-state index < -0.39 is 22.1 Å². The van der Waals surface area contributed by atoms with E-state index in [2.05, 4.69) is 0 Å². The van der Waals surface area contributed by atoms with Gasteiger partial charge in [0.15, 0.2) is 0 Å². The van der Waals surface area contributed by atoms with Crippen molar-refractivity contribution in [2.75, 3.05) is 13.1 Å². The fourth-order valence-corrected chi connectivity index (χ4v) is 3.70. The molecule has 0 atom stereocenters. The van der Waals surface area contributed by atoms with Gasteiger partial charge in [-0.3, -0.25) is 0 Å². The zero-order valence-corrected chi connectivity index (χ0v) is 12.1. The highest BCUT2D eigenvalue weighted by molar-refractivity contribution is 14.1. The summed E-state index contributed by atoms with van der Waals surface area (Å²) in [5.41, 5.74) is -0.0438. The summed E-state index contributed by atoms with van der Waals surface area (Å²) < 4.78 is 25.7. The minimum absolute atomic E-state index is 0.0438. The molecule has 0 spiro atoms. The Balaban J connectivity index is 2.40. The molecule has 2 rings (SSSR count). The summed E-state index contributed by atoms with van der Waals surface area (Å²) in [6.07, 6.45) is -0.637. The van der Waals surface area contributed by atoms with E-state index in [0.29, 0.717) is 3.57 Å². The third-order valence-corrected chi connectivity index (χ3v) is 5.40. The van der Waals surface area contributed by atoms with Crippen LogP contribution in [0.15, 0.2) is 23.1 Å². The second-order valence-electron chi connectivity index (χ2n) is 3.92. The van der Waals surface area contributed by atoms with Gasteiger partial charge in [0.25, 0.3) is 0 Å². The van der Waals surface area contributed by atoms with E-state index in [9.17, 15) is 13.2 Å². The molecule has 0 radical (unpaired) electrons. The topological polar surface area (TPSA) is 94.9 Å². The number of aliphatic hydroxyl groups is 1. The predicted molar refractivity (Wildman–Crippen MR) is 70.9 cm³/mol. The van der Waals surface area contributed by atoms with Crippen molar-refractivity contribution < 1.29 is 23.4 Å². The van der Waals surface area contributed by atoms with Crippen LogP contribution in [-0.2, 0) is 10.0 Å². The number of carboxylic acids is 1. The van der Waals surface area contributed by atoms with Crippen LogP contribution in [0.25, 0.3) is 0 Å². The Labute approximate surface area is 117 Å². The first kappa shape index (κ1) is 13.7. The van der Waals surface area contributed by atoms with E-state index in [1.807, 2.05) is 22.6 Å². The highest BCUT2D eigenvalue weighted by Crippen LogP contribution is 2.24. The highest BCUT2D eigenvalue weighted by atomic mass is 127. The van der Waals surface area contributed by atoms with Crippen LogP contribution >= 0.6 is 22.6 Å². The monoisotopic (exact) mass is 383 g/mol. The number of nitrogens with zero attached hydrogens (tertiary/aromatic N) is 1. The molecular weight excluding hydrogens is 373 g/mol. The van der Waals surface area contributed by atoms with Crippen LogP contribution in [0.1, 0.15) is 10.4 Å². The lowest BCUT2D eigenvalue weighted by Gasteiger charge is -2.34. The number of carbonyl (C=O) groups is 1. The van der Waals surface area contributed by atoms with Crippen LogP contribution < -0.4 is 0 Å². The molecule has 1 aliphatic rings. The smallest absolute Gasteiger partial charge is 0.336 e. The molecule has 98 valence electrons. The number of β-amino-alcohol motifs (C(OH)–C–C–N with tert-alkyl or cyclic N) is 1. The Morgan fingerprint density at radius 3 is 2.50 bits per heavy atom. The van der Waals surface area contributed by atoms with Gasteiger partial charge in [-0.05, 0) is 40.8 Å². The van der Waals surface area contributed by atoms with E-state index in [4.69, 9.17) is 10.2 Å². The van der Waals surface area contributed by atoms with E-state index in [-0.39, 0.29) is 23.5 Å². The second kappa shape index (κ2) is 4.76. The molecule has 1 fully saturated rings. The Hall–Kier alpha value is -0.710. The van der Waals surface area contributed by atoms with Crippen molar-refractivity contribution in [3.63, 3.8) is 0 Å². The largest absolute Gasteiger partial charge is 0.478 e. The average molecular weight is 383 g/mol. The van der Waals surface area contributed by atoms with Gasteiger partial charge in [-0.25, -0.2) is 13.2 Å². The number of hydrogen-bond donors (Lipinski definition) is 2. The molecule has 8 heteroatoms. The van der Waals surface area contributed by atoms with E-state index >= 15 is 0 Å². The lowest BCUT2D eigenvalue weighted by molar-refractivity contribution is 0.0547. The Morgan fingerprint density at radius 2 is 2.00 bits per heavy atom. The van der Waals surface area contributed by atoms with Crippen molar-refractivity contribution in [3.8, 4) is 0 Å². The van der Waals surface area contributed by atoms with E-state index in [1.165, 1.54) is 12.1 Å². The molecule has 18 heavy (non-hydrogen) atoms. The number of benzene rings is 1. The highest BCUT2D eigenvalue weighted by Gasteiger charge is 2.35. The number of aliphatic hydroxyl groups excluding tert-OH is 1. The first-order valence-electron chi connectivity index (χ1n) is 5.03. The minimum Gasteiger partial charge on any atom is -0.478 e. The molecule has 1 heterocycles. The molecule has 1 aromatic rings. The Morgan fingerprint density at radius 1 is 1.39 bits per heavy atom. The van der Waals surface area contributed by atoms with Crippen molar-refractivity contribution in [2.24, 2.45) is 0 Å². The summed E-state index contributed by atoms with van der Waals surface area (Å²) in [4.78, 5) is 10.9. The van der Waals surface area contributed by atoms with Gasteiger partial charge in [0.05, 0.1) is 16.6 Å². The van der Waals surface area contributed by atoms with Crippen molar-refractivity contribution in [1.29, 1.82) is 0 Å². The fourth-order valence-electron chi connectivity index (χ4n) is 1.59. The molecule has 1 aromatic carbocycles. The molecule has 0 amide bonds. The Bertz CT molecular complexity index is 594. The molecule has 1 aliphatic heterocycles. The van der Waals surface area contributed by atoms with Crippen LogP contribution in [0.3, 0.4) is 0 Å². The second-order valence-corrected chi connectivity index (χ2v) is 7.02. The minimum atomic E-state index is -3.70. The summed E-state index contributed by atoms with van der Waals surface area (Å²) in [5.74, 6) is -1.17. The summed E-state index contributed by atoms with van der Waals surface area (Å²) in [6.45, 7) is 0.105. The Kier molecular flexibility index (Phi) is 3.63. The van der Waals surface area contributed by atoms with Crippen molar-refractivity contribution in [2.45, 2.75) is 11.0 Å². The fraction of sp³-hybridized carbons (Fsp3) is 0.300. The molecule has 0 bridgehead atoms. The SMILES string of the molecule is O=C(O)c1cc(S(=O)(=O)N2CC(O)C2)ccc1I. The maximum absolute atomic E-state index is 12.1. The third-order valence-electron chi connectivity index (χ3n) is 2.63. The molecule has 0 aliphatic carbocycles. The van der Waals surface area contributed by atoms with Gasteiger partial charge >= 0.3 is 5.97 Å². The summed E-state index contributed by atoms with van der Waals surface area (Å²) in [7, 11) is -3.70. The summed E-state index contributed by atoms with van der Waals surface area (Å²) in [5, 5.41) is 18.1. The molecule has 6 nitrogen and oxygen atoms in total. The van der Waals surface area contributed by atoms with Gasteiger partial charge < -0.3 is 10.2 Å². The maximum atomic E-state index is 12.1. The first-order chi connectivity index (χ1) is 8.32. The maximum Gasteiger partial charge on any atom is 0.336 e. The molecule has 0 saturated carbocycles. The lowest BCUT2D eigenvalue weighted by atomic mass is 10.2. The number of hydrogen-bond acceptors (Lipinski definition) is 4. The zero-order valence-electron chi connectivity index (χ0n) is 9.08. The normalized spacial score (nSPS) is 17.4. The van der Waals surface area contributed by atoms with E-state index in [0.717, 1.165) is 10.4 Å². The zero-order chi connectivity index (χ0) is 13.5. The van der Waals surface area contributed by atoms with Gasteiger partial charge in [0, 0.05) is 16.7 Å². The molecule has 2 N–H and O–H groups in total. The third kappa shape index (κ3) is 2.37. The number of sulfonamides is 1. The molecule has 0 unspecified atom stereocenters. The summed E-state index contributed by atoms with van der Waals surface area (Å²) in [6, 6.07) is 3.96. The first-order valence-corrected chi connectivity index (χ1v) is 7.55. The van der Waals surface area contributed by atoms with Gasteiger partial charge in [-0.15, -0.1) is 0 Å². The van der Waals surface area contributed by atoms with Crippen LogP contribution in [0.4, 0.5) is 0 Å². The van der Waals surface area contributed by atoms with Gasteiger partial charge in [0.2, 0.25) is 10.0 Å². The van der Waals surface area contributed by atoms with Crippen molar-refractivity contribution >= 4 is 38.6 Å². The number of carboxylic acid groups (broad SMARTS) is 1. The molecule has 1 saturated heterocycles. The van der Waals surface area contributed by atoms with Gasteiger partial charge in [0.1, 0.15) is 0 Å². The van der Waals surface area contributed by atoms with Crippen LogP contribution in [-0.4, -0.2) is 48.1 Å². The number of halogens is 1. The number of rotatable bonds is 3. The average Bonchev–Trinajstić information content (AvgIpc) is 2.24. The predicted octanol–water partition coefficient (Wildman–Crippen LogP) is 0.355. The van der Waals surface area contributed by atoms with Crippen LogP contribution in [0.2, 0.25) is 0 Å². The van der Waals surface area contributed by atoms with Gasteiger partial charge in [-0.1, -0.05) is 0 Å². The lowest BCUT2D eigenvalue weighted by Crippen LogP contribution is -2.53. The molecule has 0 aromatic heterocycles. The van der Waals surface area contributed by atoms with Crippen LogP contribution in [0, 0.1) is 3.57 Å². The summed E-state index contributed by atoms with van der Waals surface area (Å²) >= 11 is 1.84.